The van der Waals surface area contributed by atoms with Gasteiger partial charge in [-0.05, 0) is 53.6 Å². The van der Waals surface area contributed by atoms with E-state index in [9.17, 15) is 14.0 Å². The normalized spacial score (nSPS) is 16.8. The Balaban J connectivity index is 1.47. The smallest absolute Gasteiger partial charge is 0.252 e. The van der Waals surface area contributed by atoms with Crippen LogP contribution in [0.4, 0.5) is 10.2 Å². The van der Waals surface area contributed by atoms with Crippen LogP contribution in [0.25, 0.3) is 16.5 Å². The summed E-state index contributed by atoms with van der Waals surface area (Å²) in [7, 11) is 0. The molecule has 6 nitrogen and oxygen atoms in total. The molecule has 2 N–H and O–H groups in total. The highest BCUT2D eigenvalue weighted by atomic mass is 19.1. The van der Waals surface area contributed by atoms with Gasteiger partial charge in [0.2, 0.25) is 5.91 Å². The lowest BCUT2D eigenvalue weighted by Gasteiger charge is -2.33. The Morgan fingerprint density at radius 2 is 1.62 bits per heavy atom. The van der Waals surface area contributed by atoms with Crippen LogP contribution in [0.1, 0.15) is 33.1 Å². The van der Waals surface area contributed by atoms with E-state index in [-0.39, 0.29) is 17.6 Å². The number of aromatic nitrogens is 2. The summed E-state index contributed by atoms with van der Waals surface area (Å²) in [6.07, 6.45) is 0. The van der Waals surface area contributed by atoms with Gasteiger partial charge in [0.15, 0.2) is 0 Å². The summed E-state index contributed by atoms with van der Waals surface area (Å²) >= 11 is 0. The zero-order chi connectivity index (χ0) is 25.5. The number of carbonyl (C=O) groups excluding carboxylic acids is 2. The lowest BCUT2D eigenvalue weighted by molar-refractivity contribution is -0.118. The van der Waals surface area contributed by atoms with E-state index >= 15 is 0 Å². The van der Waals surface area contributed by atoms with Crippen molar-refractivity contribution in [1.29, 1.82) is 0 Å². The fraction of sp³-hybridized carbons (Fsp3) is 0.100. The third-order valence-corrected chi connectivity index (χ3v) is 6.83. The molecule has 6 rings (SSSR count). The maximum atomic E-state index is 13.8. The van der Waals surface area contributed by atoms with Crippen molar-refractivity contribution < 1.29 is 14.0 Å². The Morgan fingerprint density at radius 3 is 2.41 bits per heavy atom. The topological polar surface area (TPSA) is 76.0 Å². The number of amides is 2. The minimum atomic E-state index is -0.934. The monoisotopic (exact) mass is 490 g/mol. The summed E-state index contributed by atoms with van der Waals surface area (Å²) in [5, 5.41) is 12.4. The van der Waals surface area contributed by atoms with Crippen molar-refractivity contribution in [3.05, 3.63) is 125 Å². The lowest BCUT2D eigenvalue weighted by atomic mass is 9.81. The molecule has 0 saturated heterocycles. The molecule has 37 heavy (non-hydrogen) atoms. The van der Waals surface area contributed by atoms with Gasteiger partial charge in [0.25, 0.3) is 5.91 Å². The van der Waals surface area contributed by atoms with E-state index in [1.54, 1.807) is 22.9 Å². The number of hydrogen-bond acceptors (Lipinski definition) is 3. The molecule has 1 aliphatic rings. The van der Waals surface area contributed by atoms with Gasteiger partial charge in [-0.15, -0.1) is 0 Å². The van der Waals surface area contributed by atoms with E-state index in [0.29, 0.717) is 22.6 Å². The van der Waals surface area contributed by atoms with Gasteiger partial charge in [-0.3, -0.25) is 9.59 Å². The summed E-state index contributed by atoms with van der Waals surface area (Å²) in [6, 6.07) is 27.7. The van der Waals surface area contributed by atoms with Crippen molar-refractivity contribution in [3.8, 4) is 5.69 Å². The largest absolute Gasteiger partial charge is 0.339 e. The molecule has 0 aliphatic carbocycles. The van der Waals surface area contributed by atoms with Crippen LogP contribution >= 0.6 is 0 Å². The number of para-hydroxylation sites is 1. The summed E-state index contributed by atoms with van der Waals surface area (Å²) in [4.78, 5) is 27.1. The van der Waals surface area contributed by atoms with Crippen LogP contribution in [0.2, 0.25) is 0 Å². The van der Waals surface area contributed by atoms with E-state index in [2.05, 4.69) is 10.6 Å². The van der Waals surface area contributed by atoms with Crippen molar-refractivity contribution in [2.45, 2.75) is 18.9 Å². The van der Waals surface area contributed by atoms with Crippen LogP contribution in [0.3, 0.4) is 0 Å². The van der Waals surface area contributed by atoms with E-state index < -0.39 is 12.0 Å². The molecule has 1 aromatic heterocycles. The summed E-state index contributed by atoms with van der Waals surface area (Å²) in [6.45, 7) is 1.87. The van der Waals surface area contributed by atoms with Crippen LogP contribution in [0, 0.1) is 12.7 Å². The lowest BCUT2D eigenvalue weighted by Crippen LogP contribution is -2.50. The molecule has 0 fully saturated rings. The molecule has 0 radical (unpaired) electrons. The second-order valence-corrected chi connectivity index (χ2v) is 9.09. The standard InChI is InChI=1S/C30H23FN4O2/c1-18-25-26(20-14-16-21(31)17-15-20)27(30(37)33-28(25)35(34-18)22-10-3-2-4-11-22)32-29(36)24-13-7-9-19-8-5-6-12-23(19)24/h2-17,26-27H,1H3,(H,32,36)(H,33,37)/t26-,27+/m1/s1. The summed E-state index contributed by atoms with van der Waals surface area (Å²) < 4.78 is 15.5. The third-order valence-electron chi connectivity index (χ3n) is 6.83. The van der Waals surface area contributed by atoms with E-state index in [0.717, 1.165) is 22.0 Å². The van der Waals surface area contributed by atoms with Gasteiger partial charge in [-0.25, -0.2) is 9.07 Å². The molecule has 2 heterocycles. The first kappa shape index (κ1) is 22.7. The number of benzene rings is 4. The van der Waals surface area contributed by atoms with Gasteiger partial charge in [0, 0.05) is 17.0 Å². The molecular weight excluding hydrogens is 467 g/mol. The van der Waals surface area contributed by atoms with Crippen molar-refractivity contribution >= 4 is 28.4 Å². The zero-order valence-electron chi connectivity index (χ0n) is 20.0. The van der Waals surface area contributed by atoms with Gasteiger partial charge in [-0.2, -0.15) is 5.10 Å². The first-order chi connectivity index (χ1) is 18.0. The second kappa shape index (κ2) is 9.02. The van der Waals surface area contributed by atoms with Crippen molar-refractivity contribution in [2.75, 3.05) is 5.32 Å². The molecule has 0 saturated carbocycles. The number of aryl methyl sites for hydroxylation is 1. The fourth-order valence-corrected chi connectivity index (χ4v) is 5.12. The van der Waals surface area contributed by atoms with Crippen LogP contribution in [-0.2, 0) is 4.79 Å². The molecule has 0 unspecified atom stereocenters. The van der Waals surface area contributed by atoms with Gasteiger partial charge < -0.3 is 10.6 Å². The predicted molar refractivity (Wildman–Crippen MR) is 140 cm³/mol. The van der Waals surface area contributed by atoms with Crippen LogP contribution < -0.4 is 10.6 Å². The average molecular weight is 491 g/mol. The second-order valence-electron chi connectivity index (χ2n) is 9.09. The number of halogens is 1. The van der Waals surface area contributed by atoms with Crippen molar-refractivity contribution in [3.63, 3.8) is 0 Å². The highest BCUT2D eigenvalue weighted by Gasteiger charge is 2.42. The minimum Gasteiger partial charge on any atom is -0.339 e. The van der Waals surface area contributed by atoms with Gasteiger partial charge >= 0.3 is 0 Å². The Labute approximate surface area is 212 Å². The number of nitrogens with one attached hydrogen (secondary N) is 2. The van der Waals surface area contributed by atoms with Gasteiger partial charge in [0.1, 0.15) is 17.7 Å². The van der Waals surface area contributed by atoms with Gasteiger partial charge in [0.05, 0.1) is 11.4 Å². The van der Waals surface area contributed by atoms with Crippen LogP contribution in [-0.4, -0.2) is 27.6 Å². The van der Waals surface area contributed by atoms with E-state index in [1.807, 2.05) is 73.7 Å². The molecule has 2 atom stereocenters. The predicted octanol–water partition coefficient (Wildman–Crippen LogP) is 5.36. The number of hydrogen-bond donors (Lipinski definition) is 2. The van der Waals surface area contributed by atoms with Crippen molar-refractivity contribution in [1.82, 2.24) is 15.1 Å². The Kier molecular flexibility index (Phi) is 5.53. The number of nitrogens with zero attached hydrogens (tertiary/aromatic N) is 2. The molecule has 5 aromatic rings. The first-order valence-electron chi connectivity index (χ1n) is 12.0. The summed E-state index contributed by atoms with van der Waals surface area (Å²) in [5.41, 5.74) is 3.46. The maximum absolute atomic E-state index is 13.8. The molecule has 1 aliphatic heterocycles. The number of fused-ring (bicyclic) bond motifs is 2. The molecular formula is C30H23FN4O2. The van der Waals surface area contributed by atoms with Crippen LogP contribution in [0.15, 0.2) is 97.1 Å². The zero-order valence-corrected chi connectivity index (χ0v) is 20.0. The molecule has 0 spiro atoms. The molecule has 0 bridgehead atoms. The minimum absolute atomic E-state index is 0.361. The highest BCUT2D eigenvalue weighted by molar-refractivity contribution is 6.09. The van der Waals surface area contributed by atoms with E-state index in [1.165, 1.54) is 12.1 Å². The quantitative estimate of drug-likeness (QED) is 0.356. The molecule has 4 aromatic carbocycles. The third kappa shape index (κ3) is 3.94. The summed E-state index contributed by atoms with van der Waals surface area (Å²) in [5.74, 6) is -1.13. The first-order valence-corrected chi connectivity index (χ1v) is 12.0. The van der Waals surface area contributed by atoms with Crippen LogP contribution in [0.5, 0.6) is 0 Å². The molecule has 7 heteroatoms. The Hall–Kier alpha value is -4.78. The SMILES string of the molecule is Cc1nn(-c2ccccc2)c2c1[C@@H](c1ccc(F)cc1)[C@H](NC(=O)c1cccc3ccccc13)C(=O)N2. The number of anilines is 1. The van der Waals surface area contributed by atoms with Crippen molar-refractivity contribution in [2.24, 2.45) is 0 Å². The molecule has 182 valence electrons. The fourth-order valence-electron chi connectivity index (χ4n) is 5.12. The number of rotatable bonds is 4. The Morgan fingerprint density at radius 1 is 0.919 bits per heavy atom. The van der Waals surface area contributed by atoms with E-state index in [4.69, 9.17) is 5.10 Å². The highest BCUT2D eigenvalue weighted by Crippen LogP contribution is 2.40. The Bertz CT molecular complexity index is 1640. The number of carbonyl (C=O) groups is 2. The van der Waals surface area contributed by atoms with Gasteiger partial charge in [-0.1, -0.05) is 66.7 Å². The maximum Gasteiger partial charge on any atom is 0.252 e. The average Bonchev–Trinajstić information content (AvgIpc) is 3.25. The molecule has 2 amide bonds.